The van der Waals surface area contributed by atoms with Crippen LogP contribution in [0.4, 0.5) is 5.82 Å². The monoisotopic (exact) mass is 366 g/mol. The second kappa shape index (κ2) is 6.13. The number of ether oxygens (including phenoxy) is 3. The summed E-state index contributed by atoms with van der Waals surface area (Å²) in [5.41, 5.74) is 1.61. The maximum Gasteiger partial charge on any atom is 0.263 e. The number of hydrogen-bond donors (Lipinski definition) is 1. The van der Waals surface area contributed by atoms with Crippen molar-refractivity contribution in [2.45, 2.75) is 19.4 Å². The highest BCUT2D eigenvalue weighted by molar-refractivity contribution is 5.84. The van der Waals surface area contributed by atoms with Crippen LogP contribution < -0.4 is 14.4 Å². The quantitative estimate of drug-likeness (QED) is 0.752. The second-order valence-corrected chi connectivity index (χ2v) is 7.53. The van der Waals surface area contributed by atoms with E-state index in [1.54, 1.807) is 0 Å². The van der Waals surface area contributed by atoms with Gasteiger partial charge in [-0.05, 0) is 38.1 Å². The van der Waals surface area contributed by atoms with Crippen LogP contribution in [0.5, 0.6) is 11.6 Å². The minimum absolute atomic E-state index is 0.425. The van der Waals surface area contributed by atoms with Crippen LogP contribution in [0, 0.1) is 0 Å². The Morgan fingerprint density at radius 3 is 2.81 bits per heavy atom. The number of aromatic amines is 1. The molecule has 2 aromatic heterocycles. The first kappa shape index (κ1) is 16.4. The van der Waals surface area contributed by atoms with Gasteiger partial charge in [-0.25, -0.2) is 4.98 Å². The fraction of sp³-hybridized carbons (Fsp3) is 0.400. The molecule has 7 heteroatoms. The van der Waals surface area contributed by atoms with E-state index in [-0.39, 0.29) is 0 Å². The average molecular weight is 366 g/mol. The largest absolute Gasteiger partial charge is 0.481 e. The molecule has 0 spiro atoms. The molecular formula is C20H22N4O3. The second-order valence-electron chi connectivity index (χ2n) is 7.53. The first-order valence-corrected chi connectivity index (χ1v) is 9.23. The zero-order valence-corrected chi connectivity index (χ0v) is 15.5. The number of rotatable bonds is 2. The van der Waals surface area contributed by atoms with Gasteiger partial charge in [0.05, 0.1) is 13.2 Å². The van der Waals surface area contributed by atoms with E-state index in [2.05, 4.69) is 16.0 Å². The third-order valence-electron chi connectivity index (χ3n) is 4.88. The summed E-state index contributed by atoms with van der Waals surface area (Å²) in [5, 5.41) is 1.12. The molecule has 27 heavy (non-hydrogen) atoms. The van der Waals surface area contributed by atoms with Gasteiger partial charge in [-0.3, -0.25) is 0 Å². The van der Waals surface area contributed by atoms with Gasteiger partial charge in [0.1, 0.15) is 12.2 Å². The Bertz CT molecular complexity index is 992. The van der Waals surface area contributed by atoms with Gasteiger partial charge in [0.15, 0.2) is 11.6 Å². The van der Waals surface area contributed by atoms with Crippen LogP contribution in [-0.2, 0) is 4.74 Å². The highest BCUT2D eigenvalue weighted by atomic mass is 16.6. The Morgan fingerprint density at radius 2 is 1.96 bits per heavy atom. The number of H-pyrrole nitrogens is 1. The molecule has 0 aliphatic carbocycles. The van der Waals surface area contributed by atoms with E-state index >= 15 is 0 Å². The molecule has 0 radical (unpaired) electrons. The van der Waals surface area contributed by atoms with Crippen LogP contribution in [0.2, 0.25) is 0 Å². The Labute approximate surface area is 157 Å². The van der Waals surface area contributed by atoms with Gasteiger partial charge >= 0.3 is 0 Å². The summed E-state index contributed by atoms with van der Waals surface area (Å²) in [7, 11) is 0. The number of fused-ring (bicyclic) bond motifs is 2. The summed E-state index contributed by atoms with van der Waals surface area (Å²) in [6.45, 7) is 7.36. The number of hydrogen-bond acceptors (Lipinski definition) is 6. The summed E-state index contributed by atoms with van der Waals surface area (Å²) in [4.78, 5) is 15.0. The van der Waals surface area contributed by atoms with Gasteiger partial charge in [-0.2, -0.15) is 4.98 Å². The lowest BCUT2D eigenvalue weighted by molar-refractivity contribution is 0.0160. The summed E-state index contributed by atoms with van der Waals surface area (Å²) in [6.07, 6.45) is 1.93. The molecule has 1 saturated heterocycles. The molecule has 5 rings (SSSR count). The van der Waals surface area contributed by atoms with Gasteiger partial charge in [0, 0.05) is 35.8 Å². The molecule has 2 aliphatic heterocycles. The third-order valence-corrected chi connectivity index (χ3v) is 4.88. The van der Waals surface area contributed by atoms with E-state index in [1.165, 1.54) is 0 Å². The van der Waals surface area contributed by atoms with E-state index in [0.29, 0.717) is 37.3 Å². The number of morpholine rings is 1. The van der Waals surface area contributed by atoms with Gasteiger partial charge in [0.25, 0.3) is 5.88 Å². The van der Waals surface area contributed by atoms with Crippen molar-refractivity contribution in [3.63, 3.8) is 0 Å². The Kier molecular flexibility index (Phi) is 3.72. The van der Waals surface area contributed by atoms with Crippen molar-refractivity contribution in [2.24, 2.45) is 0 Å². The Hall–Kier alpha value is -2.80. The summed E-state index contributed by atoms with van der Waals surface area (Å²) in [6, 6.07) is 8.20. The molecule has 0 saturated carbocycles. The Balaban J connectivity index is 1.64. The maximum atomic E-state index is 6.15. The predicted molar refractivity (Wildman–Crippen MR) is 103 cm³/mol. The number of benzene rings is 1. The SMILES string of the molecule is CC1(C)COc2c(nc(-c3ccc4[nH]ccc4c3)nc2N2CCOCC2)O1. The topological polar surface area (TPSA) is 72.5 Å². The van der Waals surface area contributed by atoms with Crippen molar-refractivity contribution in [1.82, 2.24) is 15.0 Å². The molecule has 0 amide bonds. The summed E-state index contributed by atoms with van der Waals surface area (Å²) < 4.78 is 17.7. The molecular weight excluding hydrogens is 344 g/mol. The smallest absolute Gasteiger partial charge is 0.263 e. The first-order chi connectivity index (χ1) is 13.1. The molecule has 0 bridgehead atoms. The van der Waals surface area contributed by atoms with Crippen molar-refractivity contribution in [3.8, 4) is 23.0 Å². The van der Waals surface area contributed by atoms with Crippen molar-refractivity contribution in [3.05, 3.63) is 30.5 Å². The highest BCUT2D eigenvalue weighted by Crippen LogP contribution is 2.42. The molecule has 1 N–H and O–H groups in total. The van der Waals surface area contributed by atoms with E-state index in [9.17, 15) is 0 Å². The molecule has 0 unspecified atom stereocenters. The van der Waals surface area contributed by atoms with Crippen LogP contribution >= 0.6 is 0 Å². The number of nitrogens with one attached hydrogen (secondary N) is 1. The van der Waals surface area contributed by atoms with E-state index in [1.807, 2.05) is 38.2 Å². The Morgan fingerprint density at radius 1 is 1.11 bits per heavy atom. The van der Waals surface area contributed by atoms with E-state index < -0.39 is 5.60 Å². The standard InChI is InChI=1S/C20H22N4O3/c1-20(2)12-26-16-18(24-7-9-25-10-8-24)22-17(23-19(16)27-20)14-3-4-15-13(11-14)5-6-21-15/h3-6,11,21H,7-10,12H2,1-2H3. The molecule has 1 aromatic carbocycles. The molecule has 0 atom stereocenters. The van der Waals surface area contributed by atoms with Crippen LogP contribution in [-0.4, -0.2) is 53.5 Å². The van der Waals surface area contributed by atoms with Crippen molar-refractivity contribution in [2.75, 3.05) is 37.8 Å². The first-order valence-electron chi connectivity index (χ1n) is 9.23. The summed E-state index contributed by atoms with van der Waals surface area (Å²) in [5.74, 6) is 2.55. The zero-order chi connectivity index (χ0) is 18.4. The highest BCUT2D eigenvalue weighted by Gasteiger charge is 2.34. The van der Waals surface area contributed by atoms with Crippen molar-refractivity contribution < 1.29 is 14.2 Å². The van der Waals surface area contributed by atoms with Gasteiger partial charge in [0.2, 0.25) is 5.75 Å². The predicted octanol–water partition coefficient (Wildman–Crippen LogP) is 3.01. The lowest BCUT2D eigenvalue weighted by Crippen LogP contribution is -2.41. The third kappa shape index (κ3) is 2.98. The van der Waals surface area contributed by atoms with Crippen LogP contribution in [0.3, 0.4) is 0 Å². The lowest BCUT2D eigenvalue weighted by atomic mass is 10.1. The molecule has 3 aromatic rings. The average Bonchev–Trinajstić information content (AvgIpc) is 3.14. The maximum absolute atomic E-state index is 6.15. The number of anilines is 1. The fourth-order valence-electron chi connectivity index (χ4n) is 3.46. The minimum Gasteiger partial charge on any atom is -0.481 e. The number of aromatic nitrogens is 3. The van der Waals surface area contributed by atoms with Crippen LogP contribution in [0.15, 0.2) is 30.5 Å². The van der Waals surface area contributed by atoms with Crippen molar-refractivity contribution in [1.29, 1.82) is 0 Å². The van der Waals surface area contributed by atoms with E-state index in [4.69, 9.17) is 24.2 Å². The van der Waals surface area contributed by atoms with E-state index in [0.717, 1.165) is 35.4 Å². The normalized spacial score (nSPS) is 18.7. The lowest BCUT2D eigenvalue weighted by Gasteiger charge is -2.35. The zero-order valence-electron chi connectivity index (χ0n) is 15.5. The summed E-state index contributed by atoms with van der Waals surface area (Å²) >= 11 is 0. The van der Waals surface area contributed by atoms with Crippen molar-refractivity contribution >= 4 is 16.7 Å². The number of nitrogens with zero attached hydrogens (tertiary/aromatic N) is 3. The van der Waals surface area contributed by atoms with Gasteiger partial charge in [-0.15, -0.1) is 0 Å². The molecule has 7 nitrogen and oxygen atoms in total. The van der Waals surface area contributed by atoms with Crippen LogP contribution in [0.25, 0.3) is 22.3 Å². The fourth-order valence-corrected chi connectivity index (χ4v) is 3.46. The molecule has 1 fully saturated rings. The van der Waals surface area contributed by atoms with Crippen LogP contribution in [0.1, 0.15) is 13.8 Å². The van der Waals surface area contributed by atoms with Gasteiger partial charge in [-0.1, -0.05) is 0 Å². The molecule has 140 valence electrons. The molecule has 4 heterocycles. The van der Waals surface area contributed by atoms with Gasteiger partial charge < -0.3 is 24.1 Å². The minimum atomic E-state index is -0.425. The molecule has 2 aliphatic rings.